The summed E-state index contributed by atoms with van der Waals surface area (Å²) in [5, 5.41) is 2.91. The van der Waals surface area contributed by atoms with E-state index in [0.29, 0.717) is 17.7 Å². The van der Waals surface area contributed by atoms with E-state index < -0.39 is 0 Å². The molecule has 0 bridgehead atoms. The van der Waals surface area contributed by atoms with Crippen LogP contribution in [0.25, 0.3) is 0 Å². The largest absolute Gasteiger partial charge is 0.469 e. The average Bonchev–Trinajstić information content (AvgIpc) is 2.75. The predicted octanol–water partition coefficient (Wildman–Crippen LogP) is 2.78. The summed E-state index contributed by atoms with van der Waals surface area (Å²) in [7, 11) is 0. The monoisotopic (exact) mass is 221 g/mol. The van der Waals surface area contributed by atoms with Crippen LogP contribution in [-0.2, 0) is 6.42 Å². The van der Waals surface area contributed by atoms with Crippen LogP contribution >= 0.6 is 11.3 Å². The number of rotatable bonds is 3. The summed E-state index contributed by atoms with van der Waals surface area (Å²) >= 11 is 1.56. The molecule has 0 fully saturated rings. The third kappa shape index (κ3) is 2.15. The number of hydrogen-bond donors (Lipinski definition) is 0. The molecule has 0 atom stereocenters. The maximum atomic E-state index is 11.8. The normalized spacial score (nSPS) is 10.5. The van der Waals surface area contributed by atoms with Crippen molar-refractivity contribution in [3.05, 3.63) is 39.7 Å². The molecule has 0 radical (unpaired) electrons. The summed E-state index contributed by atoms with van der Waals surface area (Å²) in [6.45, 7) is 3.72. The van der Waals surface area contributed by atoms with E-state index in [4.69, 9.17) is 4.42 Å². The van der Waals surface area contributed by atoms with Gasteiger partial charge in [0.25, 0.3) is 0 Å². The topological polar surface area (TPSA) is 43.1 Å². The Hall–Kier alpha value is -1.42. The molecule has 0 aliphatic rings. The number of hydrogen-bond acceptors (Lipinski definition) is 4. The number of aromatic nitrogens is 1. The van der Waals surface area contributed by atoms with Gasteiger partial charge in [-0.1, -0.05) is 0 Å². The summed E-state index contributed by atoms with van der Waals surface area (Å²) in [4.78, 5) is 16.1. The van der Waals surface area contributed by atoms with Gasteiger partial charge in [-0.3, -0.25) is 4.79 Å². The third-order valence-corrected chi connectivity index (χ3v) is 2.99. The summed E-state index contributed by atoms with van der Waals surface area (Å²) < 4.78 is 5.09. The lowest BCUT2D eigenvalue weighted by Gasteiger charge is -1.95. The minimum Gasteiger partial charge on any atom is -0.469 e. The molecule has 2 aromatic heterocycles. The molecule has 0 N–H and O–H groups in total. The standard InChI is InChI=1S/C11H11NO2S/c1-7-10(3-4-14-7)11(13)5-9-6-15-8(2)12-9/h3-4,6H,5H2,1-2H3. The third-order valence-electron chi connectivity index (χ3n) is 2.17. The highest BCUT2D eigenvalue weighted by molar-refractivity contribution is 7.09. The molecule has 0 spiro atoms. The van der Waals surface area contributed by atoms with Crippen LogP contribution in [-0.4, -0.2) is 10.8 Å². The smallest absolute Gasteiger partial charge is 0.172 e. The molecule has 0 aromatic carbocycles. The van der Waals surface area contributed by atoms with Crippen molar-refractivity contribution in [2.45, 2.75) is 20.3 Å². The quantitative estimate of drug-likeness (QED) is 0.748. The van der Waals surface area contributed by atoms with Crippen LogP contribution in [0.4, 0.5) is 0 Å². The van der Waals surface area contributed by atoms with Crippen LogP contribution in [0.1, 0.15) is 26.8 Å². The van der Waals surface area contributed by atoms with Crippen LogP contribution in [0.2, 0.25) is 0 Å². The van der Waals surface area contributed by atoms with Gasteiger partial charge in [0.15, 0.2) is 5.78 Å². The van der Waals surface area contributed by atoms with Gasteiger partial charge in [-0.25, -0.2) is 4.98 Å². The second-order valence-corrected chi connectivity index (χ2v) is 4.41. The van der Waals surface area contributed by atoms with E-state index in [9.17, 15) is 4.79 Å². The zero-order chi connectivity index (χ0) is 10.8. The van der Waals surface area contributed by atoms with Gasteiger partial charge in [0.1, 0.15) is 5.76 Å². The number of carbonyl (C=O) groups excluding carboxylic acids is 1. The van der Waals surface area contributed by atoms with Gasteiger partial charge >= 0.3 is 0 Å². The Bertz CT molecular complexity index is 484. The molecule has 15 heavy (non-hydrogen) atoms. The van der Waals surface area contributed by atoms with Gasteiger partial charge in [-0.2, -0.15) is 0 Å². The van der Waals surface area contributed by atoms with Crippen molar-refractivity contribution in [1.29, 1.82) is 0 Å². The van der Waals surface area contributed by atoms with E-state index >= 15 is 0 Å². The fraction of sp³-hybridized carbons (Fsp3) is 0.273. The van der Waals surface area contributed by atoms with Crippen LogP contribution in [0.15, 0.2) is 22.1 Å². The van der Waals surface area contributed by atoms with Gasteiger partial charge in [0, 0.05) is 5.38 Å². The molecule has 78 valence electrons. The van der Waals surface area contributed by atoms with Crippen molar-refractivity contribution < 1.29 is 9.21 Å². The summed E-state index contributed by atoms with van der Waals surface area (Å²) in [5.41, 5.74) is 1.49. The maximum absolute atomic E-state index is 11.8. The molecule has 2 heterocycles. The van der Waals surface area contributed by atoms with Crippen molar-refractivity contribution in [2.75, 3.05) is 0 Å². The second kappa shape index (κ2) is 3.98. The van der Waals surface area contributed by atoms with Gasteiger partial charge in [-0.05, 0) is 19.9 Å². The van der Waals surface area contributed by atoms with Crippen molar-refractivity contribution in [3.8, 4) is 0 Å². The van der Waals surface area contributed by atoms with E-state index in [0.717, 1.165) is 10.7 Å². The number of thiazole rings is 1. The molecule has 0 unspecified atom stereocenters. The fourth-order valence-electron chi connectivity index (χ4n) is 1.42. The number of ketones is 1. The van der Waals surface area contributed by atoms with Crippen LogP contribution in [0.3, 0.4) is 0 Å². The molecular formula is C11H11NO2S. The first-order valence-corrected chi connectivity index (χ1v) is 5.53. The molecule has 4 heteroatoms. The Labute approximate surface area is 91.8 Å². The highest BCUT2D eigenvalue weighted by Crippen LogP contribution is 2.14. The zero-order valence-electron chi connectivity index (χ0n) is 8.61. The van der Waals surface area contributed by atoms with E-state index in [1.165, 1.54) is 6.26 Å². The highest BCUT2D eigenvalue weighted by Gasteiger charge is 2.13. The first kappa shape index (κ1) is 10.1. The van der Waals surface area contributed by atoms with E-state index in [1.54, 1.807) is 24.3 Å². The molecule has 2 rings (SSSR count). The van der Waals surface area contributed by atoms with E-state index in [1.807, 2.05) is 12.3 Å². The zero-order valence-corrected chi connectivity index (χ0v) is 9.43. The van der Waals surface area contributed by atoms with Crippen molar-refractivity contribution in [3.63, 3.8) is 0 Å². The summed E-state index contributed by atoms with van der Waals surface area (Å²) in [6, 6.07) is 1.71. The fourth-order valence-corrected chi connectivity index (χ4v) is 2.04. The summed E-state index contributed by atoms with van der Waals surface area (Å²) in [6.07, 6.45) is 1.89. The number of Topliss-reactive ketones (excluding diaryl/α,β-unsaturated/α-hetero) is 1. The highest BCUT2D eigenvalue weighted by atomic mass is 32.1. The lowest BCUT2D eigenvalue weighted by Crippen LogP contribution is -2.03. The Morgan fingerprint density at radius 1 is 1.53 bits per heavy atom. The predicted molar refractivity (Wildman–Crippen MR) is 58.3 cm³/mol. The molecule has 0 saturated heterocycles. The first-order valence-electron chi connectivity index (χ1n) is 4.65. The minimum atomic E-state index is 0.0616. The number of nitrogens with zero attached hydrogens (tertiary/aromatic N) is 1. The van der Waals surface area contributed by atoms with E-state index in [-0.39, 0.29) is 5.78 Å². The Kier molecular flexibility index (Phi) is 2.68. The molecular weight excluding hydrogens is 210 g/mol. The van der Waals surface area contributed by atoms with Gasteiger partial charge < -0.3 is 4.42 Å². The molecule has 3 nitrogen and oxygen atoms in total. The molecule has 0 amide bonds. The second-order valence-electron chi connectivity index (χ2n) is 3.35. The molecule has 0 saturated carbocycles. The van der Waals surface area contributed by atoms with E-state index in [2.05, 4.69) is 4.98 Å². The summed E-state index contributed by atoms with van der Waals surface area (Å²) in [5.74, 6) is 0.735. The van der Waals surface area contributed by atoms with Crippen LogP contribution < -0.4 is 0 Å². The lowest BCUT2D eigenvalue weighted by molar-refractivity contribution is 0.0990. The first-order chi connectivity index (χ1) is 7.16. The Balaban J connectivity index is 2.14. The maximum Gasteiger partial charge on any atom is 0.172 e. The van der Waals surface area contributed by atoms with Crippen molar-refractivity contribution in [1.82, 2.24) is 4.98 Å². The average molecular weight is 221 g/mol. The Morgan fingerprint density at radius 2 is 2.33 bits per heavy atom. The number of carbonyl (C=O) groups is 1. The van der Waals surface area contributed by atoms with Gasteiger partial charge in [0.2, 0.25) is 0 Å². The van der Waals surface area contributed by atoms with Gasteiger partial charge in [0.05, 0.1) is 28.9 Å². The number of aryl methyl sites for hydroxylation is 2. The van der Waals surface area contributed by atoms with Gasteiger partial charge in [-0.15, -0.1) is 11.3 Å². The van der Waals surface area contributed by atoms with Crippen molar-refractivity contribution in [2.24, 2.45) is 0 Å². The lowest BCUT2D eigenvalue weighted by atomic mass is 10.1. The van der Waals surface area contributed by atoms with Crippen LogP contribution in [0, 0.1) is 13.8 Å². The molecule has 0 aliphatic carbocycles. The number of furan rings is 1. The SMILES string of the molecule is Cc1nc(CC(=O)c2ccoc2C)cs1. The minimum absolute atomic E-state index is 0.0616. The Morgan fingerprint density at radius 3 is 2.87 bits per heavy atom. The molecule has 0 aliphatic heterocycles. The molecule has 2 aromatic rings. The van der Waals surface area contributed by atoms with Crippen LogP contribution in [0.5, 0.6) is 0 Å². The van der Waals surface area contributed by atoms with Crippen molar-refractivity contribution >= 4 is 17.1 Å².